The van der Waals surface area contributed by atoms with E-state index < -0.39 is 12.1 Å². The Hall–Kier alpha value is -2.08. The van der Waals surface area contributed by atoms with Crippen LogP contribution in [0.3, 0.4) is 0 Å². The molecule has 120 valence electrons. The Kier molecular flexibility index (Phi) is 5.38. The Bertz CT molecular complexity index is 547. The molecule has 1 aliphatic heterocycles. The summed E-state index contributed by atoms with van der Waals surface area (Å²) in [4.78, 5) is 25.6. The fourth-order valence-electron chi connectivity index (χ4n) is 2.77. The topological polar surface area (TPSA) is 87.5 Å². The van der Waals surface area contributed by atoms with Crippen LogP contribution in [-0.2, 0) is 4.79 Å². The van der Waals surface area contributed by atoms with Crippen molar-refractivity contribution in [2.75, 3.05) is 19.6 Å². The molecular weight excluding hydrogens is 280 g/mol. The number of hydrogen-bond donors (Lipinski definition) is 3. The van der Waals surface area contributed by atoms with Crippen LogP contribution in [0.25, 0.3) is 0 Å². The highest BCUT2D eigenvalue weighted by Gasteiger charge is 2.24. The van der Waals surface area contributed by atoms with Crippen LogP contribution in [0.2, 0.25) is 0 Å². The fraction of sp³-hybridized carbons (Fsp3) is 0.500. The molecule has 0 unspecified atom stereocenters. The molecule has 1 aromatic rings. The molecule has 0 radical (unpaired) electrons. The predicted molar refractivity (Wildman–Crippen MR) is 85.3 cm³/mol. The molecule has 6 nitrogen and oxygen atoms in total. The second-order valence-corrected chi connectivity index (χ2v) is 5.87. The van der Waals surface area contributed by atoms with Gasteiger partial charge in [0.15, 0.2) is 0 Å². The van der Waals surface area contributed by atoms with E-state index in [1.54, 1.807) is 0 Å². The number of benzene rings is 1. The van der Waals surface area contributed by atoms with Crippen LogP contribution in [0, 0.1) is 6.92 Å². The van der Waals surface area contributed by atoms with E-state index in [2.05, 4.69) is 17.6 Å². The maximum atomic E-state index is 12.5. The van der Waals surface area contributed by atoms with E-state index in [1.807, 2.05) is 36.1 Å². The maximum absolute atomic E-state index is 12.5. The van der Waals surface area contributed by atoms with Crippen LogP contribution in [-0.4, -0.2) is 42.5 Å². The summed E-state index contributed by atoms with van der Waals surface area (Å²) >= 11 is 0. The number of amides is 3. The van der Waals surface area contributed by atoms with Gasteiger partial charge in [0.2, 0.25) is 5.91 Å². The van der Waals surface area contributed by atoms with Crippen molar-refractivity contribution >= 4 is 11.9 Å². The molecular formula is C16H24N4O2. The summed E-state index contributed by atoms with van der Waals surface area (Å²) in [6, 6.07) is 7.04. The van der Waals surface area contributed by atoms with Crippen molar-refractivity contribution in [3.8, 4) is 0 Å². The first kappa shape index (κ1) is 16.3. The molecule has 1 fully saturated rings. The Morgan fingerprint density at radius 2 is 2.27 bits per heavy atom. The standard InChI is InChI=1S/C16H24N4O2/c1-11-4-3-5-13(8-11)14(19-16(17)22)9-15(21)20-7-6-18-12(2)10-20/h3-5,8,12,14,18H,6-7,9-10H2,1-2H3,(H3,17,19,22)/t12-,14+/m0/s1. The number of urea groups is 1. The summed E-state index contributed by atoms with van der Waals surface area (Å²) in [5.74, 6) is 0.0357. The van der Waals surface area contributed by atoms with Crippen LogP contribution >= 0.6 is 0 Å². The van der Waals surface area contributed by atoms with Gasteiger partial charge in [0.25, 0.3) is 0 Å². The molecule has 0 saturated carbocycles. The third-order valence-electron chi connectivity index (χ3n) is 3.86. The summed E-state index contributed by atoms with van der Waals surface area (Å²) in [5, 5.41) is 5.99. The number of piperazine rings is 1. The maximum Gasteiger partial charge on any atom is 0.312 e. The number of nitrogens with one attached hydrogen (secondary N) is 2. The average molecular weight is 304 g/mol. The van der Waals surface area contributed by atoms with Crippen molar-refractivity contribution in [2.45, 2.75) is 32.4 Å². The Morgan fingerprint density at radius 1 is 1.50 bits per heavy atom. The smallest absolute Gasteiger partial charge is 0.312 e. The van der Waals surface area contributed by atoms with Gasteiger partial charge in [0.05, 0.1) is 12.5 Å². The molecule has 3 amide bonds. The molecule has 0 aromatic heterocycles. The number of primary amides is 1. The highest BCUT2D eigenvalue weighted by Crippen LogP contribution is 2.19. The SMILES string of the molecule is Cc1cccc([C@@H](CC(=O)N2CCN[C@@H](C)C2)NC(N)=O)c1. The van der Waals surface area contributed by atoms with Gasteiger partial charge in [-0.1, -0.05) is 29.8 Å². The highest BCUT2D eigenvalue weighted by atomic mass is 16.2. The monoisotopic (exact) mass is 304 g/mol. The van der Waals surface area contributed by atoms with Gasteiger partial charge < -0.3 is 21.3 Å². The van der Waals surface area contributed by atoms with Gasteiger partial charge in [0.1, 0.15) is 0 Å². The third kappa shape index (κ3) is 4.46. The Balaban J connectivity index is 2.09. The van der Waals surface area contributed by atoms with Crippen LogP contribution in [0.1, 0.15) is 30.5 Å². The number of carbonyl (C=O) groups excluding carboxylic acids is 2. The molecule has 0 spiro atoms. The lowest BCUT2D eigenvalue weighted by atomic mass is 10.0. The minimum atomic E-state index is -0.618. The van der Waals surface area contributed by atoms with Gasteiger partial charge >= 0.3 is 6.03 Å². The van der Waals surface area contributed by atoms with Crippen LogP contribution in [0.5, 0.6) is 0 Å². The second-order valence-electron chi connectivity index (χ2n) is 5.87. The van der Waals surface area contributed by atoms with Gasteiger partial charge in [-0.05, 0) is 19.4 Å². The largest absolute Gasteiger partial charge is 0.352 e. The third-order valence-corrected chi connectivity index (χ3v) is 3.86. The Morgan fingerprint density at radius 3 is 2.91 bits per heavy atom. The number of aryl methyl sites for hydroxylation is 1. The van der Waals surface area contributed by atoms with Crippen molar-refractivity contribution in [3.63, 3.8) is 0 Å². The lowest BCUT2D eigenvalue weighted by Crippen LogP contribution is -2.52. The molecule has 6 heteroatoms. The highest BCUT2D eigenvalue weighted by molar-refractivity contribution is 5.79. The lowest BCUT2D eigenvalue weighted by Gasteiger charge is -2.33. The van der Waals surface area contributed by atoms with Gasteiger partial charge in [-0.3, -0.25) is 4.79 Å². The minimum absolute atomic E-state index is 0.0357. The number of carbonyl (C=O) groups is 2. The predicted octanol–water partition coefficient (Wildman–Crippen LogP) is 0.915. The van der Waals surface area contributed by atoms with Crippen molar-refractivity contribution in [1.29, 1.82) is 0 Å². The van der Waals surface area contributed by atoms with Gasteiger partial charge in [0, 0.05) is 25.7 Å². The Labute approximate surface area is 131 Å². The second kappa shape index (κ2) is 7.26. The van der Waals surface area contributed by atoms with Gasteiger partial charge in [-0.2, -0.15) is 0 Å². The number of rotatable bonds is 4. The zero-order chi connectivity index (χ0) is 16.1. The van der Waals surface area contributed by atoms with Crippen molar-refractivity contribution in [2.24, 2.45) is 5.73 Å². The lowest BCUT2D eigenvalue weighted by molar-refractivity contribution is -0.132. The normalized spacial score (nSPS) is 19.5. The summed E-state index contributed by atoms with van der Waals surface area (Å²) < 4.78 is 0. The summed E-state index contributed by atoms with van der Waals surface area (Å²) in [7, 11) is 0. The van der Waals surface area contributed by atoms with Gasteiger partial charge in [-0.25, -0.2) is 4.79 Å². The number of nitrogens with zero attached hydrogens (tertiary/aromatic N) is 1. The molecule has 1 saturated heterocycles. The first-order valence-corrected chi connectivity index (χ1v) is 7.59. The van der Waals surface area contributed by atoms with Crippen molar-refractivity contribution < 1.29 is 9.59 Å². The fourth-order valence-corrected chi connectivity index (χ4v) is 2.77. The molecule has 2 atom stereocenters. The van der Waals surface area contributed by atoms with E-state index in [-0.39, 0.29) is 12.3 Å². The zero-order valence-electron chi connectivity index (χ0n) is 13.1. The first-order valence-electron chi connectivity index (χ1n) is 7.59. The van der Waals surface area contributed by atoms with E-state index >= 15 is 0 Å². The molecule has 2 rings (SSSR count). The zero-order valence-corrected chi connectivity index (χ0v) is 13.1. The van der Waals surface area contributed by atoms with E-state index in [0.717, 1.165) is 17.7 Å². The molecule has 22 heavy (non-hydrogen) atoms. The van der Waals surface area contributed by atoms with Crippen LogP contribution < -0.4 is 16.4 Å². The molecule has 1 aromatic carbocycles. The average Bonchev–Trinajstić information content (AvgIpc) is 2.46. The summed E-state index contributed by atoms with van der Waals surface area (Å²) in [5.41, 5.74) is 7.24. The van der Waals surface area contributed by atoms with E-state index in [0.29, 0.717) is 19.1 Å². The number of nitrogens with two attached hydrogens (primary N) is 1. The van der Waals surface area contributed by atoms with E-state index in [1.165, 1.54) is 0 Å². The van der Waals surface area contributed by atoms with E-state index in [9.17, 15) is 9.59 Å². The van der Waals surface area contributed by atoms with Crippen molar-refractivity contribution in [1.82, 2.24) is 15.5 Å². The first-order chi connectivity index (χ1) is 10.5. The minimum Gasteiger partial charge on any atom is -0.352 e. The molecule has 1 aliphatic rings. The van der Waals surface area contributed by atoms with Crippen LogP contribution in [0.4, 0.5) is 4.79 Å². The summed E-state index contributed by atoms with van der Waals surface area (Å²) in [6.45, 7) is 6.21. The van der Waals surface area contributed by atoms with Crippen molar-refractivity contribution in [3.05, 3.63) is 35.4 Å². The van der Waals surface area contributed by atoms with E-state index in [4.69, 9.17) is 5.73 Å². The molecule has 4 N–H and O–H groups in total. The summed E-state index contributed by atoms with van der Waals surface area (Å²) in [6.07, 6.45) is 0.221. The molecule has 0 bridgehead atoms. The molecule has 1 heterocycles. The number of hydrogen-bond acceptors (Lipinski definition) is 3. The van der Waals surface area contributed by atoms with Crippen LogP contribution in [0.15, 0.2) is 24.3 Å². The quantitative estimate of drug-likeness (QED) is 0.773. The van der Waals surface area contributed by atoms with Gasteiger partial charge in [-0.15, -0.1) is 0 Å². The molecule has 0 aliphatic carbocycles.